The molecule has 0 aliphatic rings. The van der Waals surface area contributed by atoms with E-state index in [4.69, 9.17) is 0 Å². The van der Waals surface area contributed by atoms with Gasteiger partial charge in [-0.05, 0) is 49.4 Å². The molecule has 0 spiro atoms. The molecule has 0 radical (unpaired) electrons. The lowest BCUT2D eigenvalue weighted by atomic mass is 10.1. The van der Waals surface area contributed by atoms with Gasteiger partial charge in [0.15, 0.2) is 0 Å². The van der Waals surface area contributed by atoms with E-state index in [0.29, 0.717) is 0 Å². The monoisotopic (exact) mass is 255 g/mol. The van der Waals surface area contributed by atoms with Crippen LogP contribution in [0, 0.1) is 6.92 Å². The minimum absolute atomic E-state index is 0.825. The number of anilines is 1. The number of rotatable bonds is 5. The minimum Gasteiger partial charge on any atom is -0.369 e. The molecule has 3 nitrogen and oxygen atoms in total. The molecule has 100 valence electrons. The molecule has 2 aromatic rings. The van der Waals surface area contributed by atoms with Crippen molar-refractivity contribution in [3.05, 3.63) is 59.4 Å². The van der Waals surface area contributed by atoms with E-state index in [1.54, 1.807) is 0 Å². The third-order valence-corrected chi connectivity index (χ3v) is 3.26. The van der Waals surface area contributed by atoms with Crippen molar-refractivity contribution in [2.75, 3.05) is 19.0 Å². The fraction of sp³-hybridized carbons (Fsp3) is 0.312. The van der Waals surface area contributed by atoms with E-state index in [1.807, 2.05) is 25.4 Å². The van der Waals surface area contributed by atoms with Crippen LogP contribution in [0.5, 0.6) is 0 Å². The summed E-state index contributed by atoms with van der Waals surface area (Å²) in [5, 5.41) is 3.19. The Balaban J connectivity index is 2.11. The lowest BCUT2D eigenvalue weighted by Crippen LogP contribution is -2.17. The molecule has 0 aliphatic heterocycles. The Kier molecular flexibility index (Phi) is 4.53. The van der Waals surface area contributed by atoms with Gasteiger partial charge in [-0.3, -0.25) is 4.98 Å². The number of hydrogen-bond acceptors (Lipinski definition) is 3. The van der Waals surface area contributed by atoms with Crippen LogP contribution in [-0.2, 0) is 13.1 Å². The average molecular weight is 255 g/mol. The SMILES string of the molecule is CNCc1ccc(N(C)Cc2ccccn2)cc1C. The maximum atomic E-state index is 4.36. The van der Waals surface area contributed by atoms with Crippen molar-refractivity contribution in [1.29, 1.82) is 0 Å². The van der Waals surface area contributed by atoms with Crippen LogP contribution in [0.1, 0.15) is 16.8 Å². The molecular weight excluding hydrogens is 234 g/mol. The molecule has 0 fully saturated rings. The van der Waals surface area contributed by atoms with Gasteiger partial charge in [-0.1, -0.05) is 12.1 Å². The maximum absolute atomic E-state index is 4.36. The largest absolute Gasteiger partial charge is 0.369 e. The first-order valence-corrected chi connectivity index (χ1v) is 6.56. The van der Waals surface area contributed by atoms with Crippen molar-refractivity contribution < 1.29 is 0 Å². The first-order valence-electron chi connectivity index (χ1n) is 6.56. The second-order valence-electron chi connectivity index (χ2n) is 4.82. The Morgan fingerprint density at radius 3 is 2.68 bits per heavy atom. The highest BCUT2D eigenvalue weighted by molar-refractivity contribution is 5.50. The molecule has 1 N–H and O–H groups in total. The summed E-state index contributed by atoms with van der Waals surface area (Å²) in [4.78, 5) is 6.58. The number of aromatic nitrogens is 1. The van der Waals surface area contributed by atoms with Gasteiger partial charge in [0.05, 0.1) is 12.2 Å². The number of nitrogens with zero attached hydrogens (tertiary/aromatic N) is 2. The van der Waals surface area contributed by atoms with Gasteiger partial charge in [0.2, 0.25) is 0 Å². The highest BCUT2D eigenvalue weighted by Crippen LogP contribution is 2.19. The predicted octanol–water partition coefficient (Wildman–Crippen LogP) is 2.75. The minimum atomic E-state index is 0.825. The van der Waals surface area contributed by atoms with Crippen LogP contribution in [0.4, 0.5) is 5.69 Å². The Hall–Kier alpha value is -1.87. The number of nitrogens with one attached hydrogen (secondary N) is 1. The third kappa shape index (κ3) is 3.55. The summed E-state index contributed by atoms with van der Waals surface area (Å²) in [6.45, 7) is 3.90. The Morgan fingerprint density at radius 1 is 1.21 bits per heavy atom. The predicted molar refractivity (Wildman–Crippen MR) is 80.3 cm³/mol. The Morgan fingerprint density at radius 2 is 2.05 bits per heavy atom. The Labute approximate surface area is 115 Å². The molecular formula is C16H21N3. The van der Waals surface area contributed by atoms with E-state index in [-0.39, 0.29) is 0 Å². The van der Waals surface area contributed by atoms with Crippen molar-refractivity contribution in [3.63, 3.8) is 0 Å². The lowest BCUT2D eigenvalue weighted by molar-refractivity contribution is 0.810. The summed E-state index contributed by atoms with van der Waals surface area (Å²) in [6, 6.07) is 12.6. The number of hydrogen-bond donors (Lipinski definition) is 1. The van der Waals surface area contributed by atoms with Crippen LogP contribution in [0.3, 0.4) is 0 Å². The zero-order valence-corrected chi connectivity index (χ0v) is 11.9. The zero-order valence-electron chi connectivity index (χ0n) is 11.9. The molecule has 1 heterocycles. The summed E-state index contributed by atoms with van der Waals surface area (Å²) in [7, 11) is 4.07. The van der Waals surface area contributed by atoms with E-state index in [0.717, 1.165) is 18.8 Å². The molecule has 1 aromatic carbocycles. The summed E-state index contributed by atoms with van der Waals surface area (Å²) < 4.78 is 0. The van der Waals surface area contributed by atoms with Crippen molar-refractivity contribution in [2.24, 2.45) is 0 Å². The molecule has 0 bridgehead atoms. The van der Waals surface area contributed by atoms with Crippen LogP contribution < -0.4 is 10.2 Å². The summed E-state index contributed by atoms with van der Waals surface area (Å²) >= 11 is 0. The summed E-state index contributed by atoms with van der Waals surface area (Å²) in [5.41, 5.74) is 4.97. The first-order chi connectivity index (χ1) is 9.20. The highest BCUT2D eigenvalue weighted by atomic mass is 15.1. The van der Waals surface area contributed by atoms with Crippen LogP contribution in [0.2, 0.25) is 0 Å². The van der Waals surface area contributed by atoms with Gasteiger partial charge in [-0.15, -0.1) is 0 Å². The van der Waals surface area contributed by atoms with E-state index in [9.17, 15) is 0 Å². The molecule has 2 rings (SSSR count). The second-order valence-corrected chi connectivity index (χ2v) is 4.82. The van der Waals surface area contributed by atoms with Crippen LogP contribution in [0.25, 0.3) is 0 Å². The van der Waals surface area contributed by atoms with Crippen molar-refractivity contribution in [1.82, 2.24) is 10.3 Å². The molecule has 0 unspecified atom stereocenters. The van der Waals surface area contributed by atoms with Crippen molar-refractivity contribution in [2.45, 2.75) is 20.0 Å². The first kappa shape index (κ1) is 13.6. The van der Waals surface area contributed by atoms with E-state index >= 15 is 0 Å². The summed E-state index contributed by atoms with van der Waals surface area (Å²) in [5.74, 6) is 0. The third-order valence-electron chi connectivity index (χ3n) is 3.26. The van der Waals surface area contributed by atoms with Gasteiger partial charge in [0.25, 0.3) is 0 Å². The second kappa shape index (κ2) is 6.34. The van der Waals surface area contributed by atoms with Gasteiger partial charge < -0.3 is 10.2 Å². The molecule has 0 amide bonds. The van der Waals surface area contributed by atoms with Gasteiger partial charge >= 0.3 is 0 Å². The average Bonchev–Trinajstić information content (AvgIpc) is 2.42. The van der Waals surface area contributed by atoms with Crippen molar-refractivity contribution in [3.8, 4) is 0 Å². The zero-order chi connectivity index (χ0) is 13.7. The normalized spacial score (nSPS) is 10.5. The van der Waals surface area contributed by atoms with Crippen LogP contribution >= 0.6 is 0 Å². The molecule has 19 heavy (non-hydrogen) atoms. The quantitative estimate of drug-likeness (QED) is 0.890. The maximum Gasteiger partial charge on any atom is 0.0598 e. The molecule has 0 aliphatic carbocycles. The topological polar surface area (TPSA) is 28.2 Å². The van der Waals surface area contributed by atoms with Crippen LogP contribution in [0.15, 0.2) is 42.6 Å². The van der Waals surface area contributed by atoms with Gasteiger partial charge in [0.1, 0.15) is 0 Å². The van der Waals surface area contributed by atoms with E-state index < -0.39 is 0 Å². The van der Waals surface area contributed by atoms with Gasteiger partial charge in [-0.25, -0.2) is 0 Å². The number of aryl methyl sites for hydroxylation is 1. The van der Waals surface area contributed by atoms with Crippen molar-refractivity contribution >= 4 is 5.69 Å². The van der Waals surface area contributed by atoms with Gasteiger partial charge in [0, 0.05) is 25.5 Å². The molecule has 0 saturated carbocycles. The smallest absolute Gasteiger partial charge is 0.0598 e. The number of benzene rings is 1. The Bertz CT molecular complexity index is 523. The lowest BCUT2D eigenvalue weighted by Gasteiger charge is -2.20. The molecule has 0 atom stereocenters. The summed E-state index contributed by atoms with van der Waals surface area (Å²) in [6.07, 6.45) is 1.84. The standard InChI is InChI=1S/C16H21N3/c1-13-10-16(8-7-14(13)11-17-2)19(3)12-15-6-4-5-9-18-15/h4-10,17H,11-12H2,1-3H3. The van der Waals surface area contributed by atoms with Gasteiger partial charge in [-0.2, -0.15) is 0 Å². The number of pyridine rings is 1. The fourth-order valence-electron chi connectivity index (χ4n) is 2.13. The molecule has 1 aromatic heterocycles. The molecule has 0 saturated heterocycles. The molecule has 3 heteroatoms. The fourth-order valence-corrected chi connectivity index (χ4v) is 2.13. The van der Waals surface area contributed by atoms with Crippen LogP contribution in [-0.4, -0.2) is 19.1 Å². The van der Waals surface area contributed by atoms with E-state index in [1.165, 1.54) is 16.8 Å². The highest BCUT2D eigenvalue weighted by Gasteiger charge is 2.05. The van der Waals surface area contributed by atoms with E-state index in [2.05, 4.69) is 53.4 Å².